The fourth-order valence-corrected chi connectivity index (χ4v) is 3.64. The first-order valence-corrected chi connectivity index (χ1v) is 8.04. The highest BCUT2D eigenvalue weighted by molar-refractivity contribution is 9.10. The molecule has 2 N–H and O–H groups in total. The molecule has 1 heterocycles. The molecule has 0 aromatic heterocycles. The van der Waals surface area contributed by atoms with Crippen molar-refractivity contribution in [1.29, 1.82) is 0 Å². The van der Waals surface area contributed by atoms with Gasteiger partial charge >= 0.3 is 0 Å². The van der Waals surface area contributed by atoms with Crippen molar-refractivity contribution in [3.8, 4) is 0 Å². The predicted molar refractivity (Wildman–Crippen MR) is 86.7 cm³/mol. The molecule has 0 bridgehead atoms. The lowest BCUT2D eigenvalue weighted by Crippen LogP contribution is -2.39. The molecule has 1 saturated heterocycles. The Bertz CT molecular complexity index is 421. The Morgan fingerprint density at radius 1 is 1.32 bits per heavy atom. The molecule has 1 aliphatic rings. The number of nitrogens with two attached hydrogens (primary N) is 1. The topological polar surface area (TPSA) is 29.3 Å². The van der Waals surface area contributed by atoms with Gasteiger partial charge in [-0.3, -0.25) is 0 Å². The number of anilines is 1. The normalized spacial score (nSPS) is 25.4. The second-order valence-electron chi connectivity index (χ2n) is 6.31. The molecule has 3 unspecified atom stereocenters. The van der Waals surface area contributed by atoms with Crippen LogP contribution in [0.4, 0.5) is 5.69 Å². The van der Waals surface area contributed by atoms with E-state index in [2.05, 4.69) is 59.8 Å². The third kappa shape index (κ3) is 3.96. The van der Waals surface area contributed by atoms with Gasteiger partial charge in [-0.2, -0.15) is 0 Å². The molecule has 0 spiro atoms. The van der Waals surface area contributed by atoms with Crippen LogP contribution in [0.15, 0.2) is 22.7 Å². The van der Waals surface area contributed by atoms with E-state index in [0.717, 1.165) is 35.8 Å². The Morgan fingerprint density at radius 2 is 1.95 bits per heavy atom. The zero-order valence-corrected chi connectivity index (χ0v) is 13.8. The molecular weight excluding hydrogens is 300 g/mol. The number of benzene rings is 1. The third-order valence-corrected chi connectivity index (χ3v) is 4.29. The minimum Gasteiger partial charge on any atom is -0.371 e. The molecule has 0 saturated carbocycles. The average Bonchev–Trinajstić information content (AvgIpc) is 2.26. The maximum Gasteiger partial charge on any atom is 0.0400 e. The fourth-order valence-electron chi connectivity index (χ4n) is 3.23. The summed E-state index contributed by atoms with van der Waals surface area (Å²) in [7, 11) is 0. The molecule has 0 radical (unpaired) electrons. The molecule has 1 fully saturated rings. The van der Waals surface area contributed by atoms with Gasteiger partial charge < -0.3 is 10.6 Å². The van der Waals surface area contributed by atoms with E-state index in [0.29, 0.717) is 0 Å². The van der Waals surface area contributed by atoms with E-state index in [1.807, 2.05) is 0 Å². The van der Waals surface area contributed by atoms with Crippen LogP contribution in [0.1, 0.15) is 32.8 Å². The van der Waals surface area contributed by atoms with Gasteiger partial charge in [0.15, 0.2) is 0 Å². The van der Waals surface area contributed by atoms with Crippen molar-refractivity contribution < 1.29 is 0 Å². The maximum atomic E-state index is 5.99. The van der Waals surface area contributed by atoms with Gasteiger partial charge in [0.25, 0.3) is 0 Å². The Labute approximate surface area is 125 Å². The summed E-state index contributed by atoms with van der Waals surface area (Å²) in [5.41, 5.74) is 8.73. The third-order valence-electron chi connectivity index (χ3n) is 3.79. The highest BCUT2D eigenvalue weighted by Crippen LogP contribution is 2.31. The van der Waals surface area contributed by atoms with Crippen LogP contribution in [-0.4, -0.2) is 19.1 Å². The van der Waals surface area contributed by atoms with Crippen molar-refractivity contribution >= 4 is 21.6 Å². The van der Waals surface area contributed by atoms with Gasteiger partial charge in [-0.15, -0.1) is 0 Å². The van der Waals surface area contributed by atoms with Crippen molar-refractivity contribution in [3.05, 3.63) is 28.2 Å². The minimum absolute atomic E-state index is 0.202. The summed E-state index contributed by atoms with van der Waals surface area (Å²) < 4.78 is 1.14. The van der Waals surface area contributed by atoms with E-state index < -0.39 is 0 Å². The highest BCUT2D eigenvalue weighted by Gasteiger charge is 2.23. The van der Waals surface area contributed by atoms with Crippen LogP contribution in [0, 0.1) is 11.8 Å². The van der Waals surface area contributed by atoms with Crippen LogP contribution in [0.2, 0.25) is 0 Å². The molecule has 1 aliphatic heterocycles. The Hall–Kier alpha value is -0.540. The van der Waals surface area contributed by atoms with Crippen molar-refractivity contribution in [2.75, 3.05) is 18.0 Å². The van der Waals surface area contributed by atoms with Gasteiger partial charge in [-0.25, -0.2) is 0 Å². The lowest BCUT2D eigenvalue weighted by Gasteiger charge is -2.38. The van der Waals surface area contributed by atoms with Gasteiger partial charge in [0, 0.05) is 29.3 Å². The smallest absolute Gasteiger partial charge is 0.0400 e. The number of rotatable bonds is 3. The summed E-state index contributed by atoms with van der Waals surface area (Å²) >= 11 is 3.57. The second kappa shape index (κ2) is 6.27. The largest absolute Gasteiger partial charge is 0.371 e. The van der Waals surface area contributed by atoms with Crippen molar-refractivity contribution in [1.82, 2.24) is 0 Å². The van der Waals surface area contributed by atoms with Gasteiger partial charge in [0.05, 0.1) is 0 Å². The lowest BCUT2D eigenvalue weighted by molar-refractivity contribution is 0.356. The van der Waals surface area contributed by atoms with E-state index in [1.54, 1.807) is 0 Å². The maximum absolute atomic E-state index is 5.99. The summed E-state index contributed by atoms with van der Waals surface area (Å²) in [6.45, 7) is 9.11. The minimum atomic E-state index is 0.202. The molecule has 3 heteroatoms. The van der Waals surface area contributed by atoms with E-state index in [4.69, 9.17) is 5.73 Å². The van der Waals surface area contributed by atoms with Gasteiger partial charge in [-0.05, 0) is 55.4 Å². The Kier molecular flexibility index (Phi) is 4.91. The molecule has 2 nitrogen and oxygen atoms in total. The molecule has 19 heavy (non-hydrogen) atoms. The van der Waals surface area contributed by atoms with Crippen LogP contribution >= 0.6 is 15.9 Å². The SMILES string of the molecule is CC(N)Cc1cc(Br)ccc1N1CC(C)CC(C)C1. The molecular formula is C16H25BrN2. The van der Waals surface area contributed by atoms with E-state index in [-0.39, 0.29) is 6.04 Å². The molecule has 0 amide bonds. The van der Waals surface area contributed by atoms with Crippen LogP contribution in [0.5, 0.6) is 0 Å². The molecule has 1 aromatic carbocycles. The quantitative estimate of drug-likeness (QED) is 0.915. The lowest BCUT2D eigenvalue weighted by atomic mass is 9.91. The Balaban J connectivity index is 2.27. The van der Waals surface area contributed by atoms with E-state index >= 15 is 0 Å². The number of hydrogen-bond acceptors (Lipinski definition) is 2. The van der Waals surface area contributed by atoms with E-state index in [9.17, 15) is 0 Å². The number of halogens is 1. The highest BCUT2D eigenvalue weighted by atomic mass is 79.9. The zero-order valence-electron chi connectivity index (χ0n) is 12.2. The van der Waals surface area contributed by atoms with Crippen LogP contribution < -0.4 is 10.6 Å². The first kappa shape index (κ1) is 14.9. The van der Waals surface area contributed by atoms with Crippen molar-refractivity contribution in [3.63, 3.8) is 0 Å². The number of hydrogen-bond donors (Lipinski definition) is 1. The summed E-state index contributed by atoms with van der Waals surface area (Å²) in [4.78, 5) is 2.54. The van der Waals surface area contributed by atoms with Crippen LogP contribution in [-0.2, 0) is 6.42 Å². The molecule has 1 aromatic rings. The first-order valence-electron chi connectivity index (χ1n) is 7.24. The van der Waals surface area contributed by atoms with Crippen molar-refractivity contribution in [2.45, 2.75) is 39.7 Å². The summed E-state index contributed by atoms with van der Waals surface area (Å²) in [6.07, 6.45) is 2.28. The predicted octanol–water partition coefficient (Wildman–Crippen LogP) is 3.82. The summed E-state index contributed by atoms with van der Waals surface area (Å²) in [5, 5.41) is 0. The Morgan fingerprint density at radius 3 is 2.53 bits per heavy atom. The van der Waals surface area contributed by atoms with Gasteiger partial charge in [0.2, 0.25) is 0 Å². The zero-order chi connectivity index (χ0) is 14.0. The monoisotopic (exact) mass is 324 g/mol. The molecule has 2 rings (SSSR count). The molecule has 106 valence electrons. The fraction of sp³-hybridized carbons (Fsp3) is 0.625. The average molecular weight is 325 g/mol. The van der Waals surface area contributed by atoms with Crippen LogP contribution in [0.25, 0.3) is 0 Å². The van der Waals surface area contributed by atoms with Gasteiger partial charge in [0.1, 0.15) is 0 Å². The molecule has 0 aliphatic carbocycles. The van der Waals surface area contributed by atoms with Crippen LogP contribution in [0.3, 0.4) is 0 Å². The number of piperidine rings is 1. The summed E-state index contributed by atoms with van der Waals surface area (Å²) in [5.74, 6) is 1.55. The summed E-state index contributed by atoms with van der Waals surface area (Å²) in [6, 6.07) is 6.81. The van der Waals surface area contributed by atoms with Crippen molar-refractivity contribution in [2.24, 2.45) is 17.6 Å². The van der Waals surface area contributed by atoms with Gasteiger partial charge in [-0.1, -0.05) is 29.8 Å². The van der Waals surface area contributed by atoms with E-state index in [1.165, 1.54) is 17.7 Å². The second-order valence-corrected chi connectivity index (χ2v) is 7.22. The number of nitrogens with zero attached hydrogens (tertiary/aromatic N) is 1. The molecule has 3 atom stereocenters. The first-order chi connectivity index (χ1) is 8.95. The standard InChI is InChI=1S/C16H25BrN2/c1-11-6-12(2)10-19(9-11)16-5-4-15(17)8-14(16)7-13(3)18/h4-5,8,11-13H,6-7,9-10,18H2,1-3H3.